The maximum absolute atomic E-state index is 13.3. The highest BCUT2D eigenvalue weighted by Gasteiger charge is 2.42. The smallest absolute Gasteiger partial charge is 0.235 e. The molecule has 1 aliphatic carbocycles. The molecule has 5 heteroatoms. The SMILES string of the molecule is O=C(Nc1ccc(N2CCOCC2)c(Cl)c1)C1(c2ccccc2)CCCC1. The van der Waals surface area contributed by atoms with Crippen molar-refractivity contribution in [3.8, 4) is 0 Å². The molecule has 1 saturated carbocycles. The molecule has 0 spiro atoms. The first-order chi connectivity index (χ1) is 13.2. The summed E-state index contributed by atoms with van der Waals surface area (Å²) in [5.74, 6) is 0.0707. The summed E-state index contributed by atoms with van der Waals surface area (Å²) in [6, 6.07) is 16.0. The minimum Gasteiger partial charge on any atom is -0.378 e. The lowest BCUT2D eigenvalue weighted by Gasteiger charge is -2.30. The van der Waals surface area contributed by atoms with E-state index >= 15 is 0 Å². The van der Waals surface area contributed by atoms with Crippen molar-refractivity contribution in [2.45, 2.75) is 31.1 Å². The van der Waals surface area contributed by atoms with Crippen LogP contribution in [0.2, 0.25) is 5.02 Å². The predicted octanol–water partition coefficient (Wildman–Crippen LogP) is 4.63. The summed E-state index contributed by atoms with van der Waals surface area (Å²) in [4.78, 5) is 15.5. The molecule has 1 N–H and O–H groups in total. The lowest BCUT2D eigenvalue weighted by molar-refractivity contribution is -0.121. The summed E-state index contributed by atoms with van der Waals surface area (Å²) in [5.41, 5.74) is 2.42. The second-order valence-corrected chi connectivity index (χ2v) is 7.78. The van der Waals surface area contributed by atoms with Crippen molar-refractivity contribution < 1.29 is 9.53 Å². The predicted molar refractivity (Wildman–Crippen MR) is 110 cm³/mol. The van der Waals surface area contributed by atoms with Crippen LogP contribution in [0.15, 0.2) is 48.5 Å². The van der Waals surface area contributed by atoms with Crippen LogP contribution in [-0.2, 0) is 14.9 Å². The van der Waals surface area contributed by atoms with Crippen molar-refractivity contribution >= 4 is 28.9 Å². The van der Waals surface area contributed by atoms with Crippen LogP contribution >= 0.6 is 11.6 Å². The minimum atomic E-state index is -0.434. The third-order valence-electron chi connectivity index (χ3n) is 5.78. The van der Waals surface area contributed by atoms with Crippen LogP contribution in [0.25, 0.3) is 0 Å². The molecule has 0 atom stereocenters. The average Bonchev–Trinajstić information content (AvgIpc) is 3.21. The summed E-state index contributed by atoms with van der Waals surface area (Å²) in [7, 11) is 0. The third-order valence-corrected chi connectivity index (χ3v) is 6.08. The fourth-order valence-electron chi connectivity index (χ4n) is 4.28. The van der Waals surface area contributed by atoms with Gasteiger partial charge in [-0.2, -0.15) is 0 Å². The summed E-state index contributed by atoms with van der Waals surface area (Å²) in [5, 5.41) is 3.79. The molecule has 2 aliphatic rings. The van der Waals surface area contributed by atoms with Gasteiger partial charge < -0.3 is 15.0 Å². The molecule has 1 heterocycles. The quantitative estimate of drug-likeness (QED) is 0.835. The number of carbonyl (C=O) groups excluding carboxylic acids is 1. The fourth-order valence-corrected chi connectivity index (χ4v) is 4.58. The number of hydrogen-bond acceptors (Lipinski definition) is 3. The van der Waals surface area contributed by atoms with Crippen molar-refractivity contribution in [1.29, 1.82) is 0 Å². The molecule has 1 amide bonds. The number of morpholine rings is 1. The van der Waals surface area contributed by atoms with Crippen LogP contribution in [0.1, 0.15) is 31.2 Å². The van der Waals surface area contributed by atoms with Crippen LogP contribution < -0.4 is 10.2 Å². The van der Waals surface area contributed by atoms with Crippen LogP contribution in [0, 0.1) is 0 Å². The number of ether oxygens (including phenoxy) is 1. The van der Waals surface area contributed by atoms with Crippen molar-refractivity contribution in [2.24, 2.45) is 0 Å². The molecule has 0 radical (unpaired) electrons. The van der Waals surface area contributed by atoms with Gasteiger partial charge in [0.15, 0.2) is 0 Å². The van der Waals surface area contributed by atoms with Gasteiger partial charge in [0, 0.05) is 18.8 Å². The van der Waals surface area contributed by atoms with E-state index in [1.807, 2.05) is 36.4 Å². The largest absolute Gasteiger partial charge is 0.378 e. The monoisotopic (exact) mass is 384 g/mol. The Morgan fingerprint density at radius 2 is 1.74 bits per heavy atom. The van der Waals surface area contributed by atoms with Gasteiger partial charge in [0.25, 0.3) is 0 Å². The molecule has 1 aliphatic heterocycles. The average molecular weight is 385 g/mol. The van der Waals surface area contributed by atoms with Gasteiger partial charge in [0.05, 0.1) is 29.3 Å². The van der Waals surface area contributed by atoms with E-state index in [9.17, 15) is 4.79 Å². The Bertz CT molecular complexity index is 797. The number of halogens is 1. The Morgan fingerprint density at radius 1 is 1.04 bits per heavy atom. The van der Waals surface area contributed by atoms with E-state index in [-0.39, 0.29) is 5.91 Å². The molecule has 27 heavy (non-hydrogen) atoms. The molecule has 2 fully saturated rings. The Kier molecular flexibility index (Phi) is 5.37. The van der Waals surface area contributed by atoms with Gasteiger partial charge in [-0.1, -0.05) is 54.8 Å². The van der Waals surface area contributed by atoms with Crippen molar-refractivity contribution in [3.05, 3.63) is 59.1 Å². The van der Waals surface area contributed by atoms with E-state index in [1.165, 1.54) is 0 Å². The first-order valence-corrected chi connectivity index (χ1v) is 10.1. The zero-order valence-electron chi connectivity index (χ0n) is 15.4. The highest BCUT2D eigenvalue weighted by molar-refractivity contribution is 6.33. The van der Waals surface area contributed by atoms with Gasteiger partial charge in [-0.25, -0.2) is 0 Å². The normalized spacial score (nSPS) is 19.1. The Balaban J connectivity index is 1.54. The van der Waals surface area contributed by atoms with E-state index in [0.717, 1.165) is 55.7 Å². The lowest BCUT2D eigenvalue weighted by atomic mass is 9.78. The van der Waals surface area contributed by atoms with E-state index in [1.54, 1.807) is 0 Å². The zero-order valence-corrected chi connectivity index (χ0v) is 16.2. The first-order valence-electron chi connectivity index (χ1n) is 9.68. The van der Waals surface area contributed by atoms with Crippen molar-refractivity contribution in [2.75, 3.05) is 36.5 Å². The Morgan fingerprint density at radius 3 is 2.41 bits per heavy atom. The van der Waals surface area contributed by atoms with Crippen molar-refractivity contribution in [3.63, 3.8) is 0 Å². The molecule has 4 nitrogen and oxygen atoms in total. The highest BCUT2D eigenvalue weighted by Crippen LogP contribution is 2.42. The number of benzene rings is 2. The molecular formula is C22H25ClN2O2. The van der Waals surface area contributed by atoms with Crippen LogP contribution in [0.3, 0.4) is 0 Å². The van der Waals surface area contributed by atoms with E-state index < -0.39 is 5.41 Å². The number of nitrogens with zero attached hydrogens (tertiary/aromatic N) is 1. The molecule has 0 unspecified atom stereocenters. The number of nitrogens with one attached hydrogen (secondary N) is 1. The summed E-state index contributed by atoms with van der Waals surface area (Å²) in [6.45, 7) is 3.11. The number of amides is 1. The second kappa shape index (κ2) is 7.91. The summed E-state index contributed by atoms with van der Waals surface area (Å²) >= 11 is 6.52. The standard InChI is InChI=1S/C22H25ClN2O2/c23-19-16-18(8-9-20(19)25-12-14-27-15-13-25)24-21(26)22(10-4-5-11-22)17-6-2-1-3-7-17/h1-3,6-9,16H,4-5,10-15H2,(H,24,26). The maximum atomic E-state index is 13.3. The molecule has 0 aromatic heterocycles. The molecular weight excluding hydrogens is 360 g/mol. The van der Waals surface area contributed by atoms with Gasteiger partial charge in [-0.15, -0.1) is 0 Å². The minimum absolute atomic E-state index is 0.0707. The number of rotatable bonds is 4. The second-order valence-electron chi connectivity index (χ2n) is 7.37. The van der Waals surface area contributed by atoms with Gasteiger partial charge in [0.2, 0.25) is 5.91 Å². The Hall–Kier alpha value is -2.04. The van der Waals surface area contributed by atoms with Gasteiger partial charge in [-0.3, -0.25) is 4.79 Å². The molecule has 0 bridgehead atoms. The molecule has 142 valence electrons. The molecule has 4 rings (SSSR count). The third kappa shape index (κ3) is 3.69. The van der Waals surface area contributed by atoms with E-state index in [4.69, 9.17) is 16.3 Å². The number of anilines is 2. The lowest BCUT2D eigenvalue weighted by Crippen LogP contribution is -2.38. The van der Waals surface area contributed by atoms with Crippen LogP contribution in [0.4, 0.5) is 11.4 Å². The zero-order chi connectivity index (χ0) is 18.7. The van der Waals surface area contributed by atoms with Gasteiger partial charge >= 0.3 is 0 Å². The molecule has 2 aromatic rings. The molecule has 1 saturated heterocycles. The topological polar surface area (TPSA) is 41.6 Å². The van der Waals surface area contributed by atoms with E-state index in [2.05, 4.69) is 22.3 Å². The van der Waals surface area contributed by atoms with Gasteiger partial charge in [-0.05, 0) is 36.6 Å². The highest BCUT2D eigenvalue weighted by atomic mass is 35.5. The fraction of sp³-hybridized carbons (Fsp3) is 0.409. The molecule has 2 aromatic carbocycles. The summed E-state index contributed by atoms with van der Waals surface area (Å²) in [6.07, 6.45) is 3.95. The number of hydrogen-bond donors (Lipinski definition) is 1. The van der Waals surface area contributed by atoms with Gasteiger partial charge in [0.1, 0.15) is 0 Å². The summed E-state index contributed by atoms with van der Waals surface area (Å²) < 4.78 is 5.41. The van der Waals surface area contributed by atoms with Crippen LogP contribution in [-0.4, -0.2) is 32.2 Å². The Labute approximate surface area is 165 Å². The van der Waals surface area contributed by atoms with Crippen molar-refractivity contribution in [1.82, 2.24) is 0 Å². The maximum Gasteiger partial charge on any atom is 0.235 e. The number of carbonyl (C=O) groups is 1. The van der Waals surface area contributed by atoms with Crippen LogP contribution in [0.5, 0.6) is 0 Å². The first kappa shape index (κ1) is 18.3. The van der Waals surface area contributed by atoms with E-state index in [0.29, 0.717) is 18.2 Å².